The smallest absolute Gasteiger partial charge is 0.336 e. The fraction of sp³-hybridized carbons (Fsp3) is 0.0435. The van der Waals surface area contributed by atoms with Gasteiger partial charge in [0.25, 0.3) is 5.91 Å². The van der Waals surface area contributed by atoms with Crippen molar-refractivity contribution in [3.63, 3.8) is 0 Å². The number of hydrogen-bond acceptors (Lipinski definition) is 3. The summed E-state index contributed by atoms with van der Waals surface area (Å²) in [5.74, 6) is -1.35. The molecule has 0 aromatic heterocycles. The van der Waals surface area contributed by atoms with E-state index in [9.17, 15) is 18.9 Å². The van der Waals surface area contributed by atoms with Crippen molar-refractivity contribution in [1.82, 2.24) is 5.32 Å². The number of nitrogens with one attached hydrogen (secondary N) is 1. The van der Waals surface area contributed by atoms with Gasteiger partial charge in [0.2, 0.25) is 0 Å². The van der Waals surface area contributed by atoms with Gasteiger partial charge in [0.15, 0.2) is 0 Å². The Labute approximate surface area is 169 Å². The van der Waals surface area contributed by atoms with E-state index in [0.29, 0.717) is 31.5 Å². The summed E-state index contributed by atoms with van der Waals surface area (Å²) >= 11 is 0. The van der Waals surface area contributed by atoms with Crippen LogP contribution in [0.4, 0.5) is 0 Å². The number of carbonyl (C=O) groups is 2. The summed E-state index contributed by atoms with van der Waals surface area (Å²) in [5, 5.41) is 14.8. The number of benzene rings is 4. The molecule has 0 radical (unpaired) electrons. The Hall–Kier alpha value is -3.51. The van der Waals surface area contributed by atoms with Crippen molar-refractivity contribution in [2.75, 3.05) is 7.05 Å². The molecule has 0 fully saturated rings. The van der Waals surface area contributed by atoms with Gasteiger partial charge in [0.1, 0.15) is 0 Å². The molecular weight excluding hydrogens is 386 g/mol. The van der Waals surface area contributed by atoms with Crippen LogP contribution in [-0.4, -0.2) is 28.2 Å². The maximum atomic E-state index is 13.7. The minimum Gasteiger partial charge on any atom is -0.478 e. The summed E-state index contributed by atoms with van der Waals surface area (Å²) in [6, 6.07) is 20.9. The van der Waals surface area contributed by atoms with Gasteiger partial charge in [-0.25, -0.2) is 9.00 Å². The Morgan fingerprint density at radius 3 is 1.69 bits per heavy atom. The number of carboxylic acid groups (broad SMARTS) is 1. The maximum absolute atomic E-state index is 13.7. The van der Waals surface area contributed by atoms with Crippen LogP contribution in [0.3, 0.4) is 0 Å². The molecule has 0 aliphatic carbocycles. The van der Waals surface area contributed by atoms with Crippen LogP contribution in [0, 0.1) is 0 Å². The minimum absolute atomic E-state index is 0.0956. The standard InChI is InChI=1S/C23H17NO4S/c1-24-22(25)16-10-2-6-14-8-4-12-18(20(14)16)29(28)19-13-5-9-15-7-3-11-17(21(15)19)23(26)27/h2-13H,1H3,(H,24,25)(H,26,27). The van der Waals surface area contributed by atoms with Crippen LogP contribution in [0.1, 0.15) is 20.7 Å². The van der Waals surface area contributed by atoms with Crippen LogP contribution < -0.4 is 5.32 Å². The first-order valence-corrected chi connectivity index (χ1v) is 10.1. The summed E-state index contributed by atoms with van der Waals surface area (Å²) < 4.78 is 13.7. The van der Waals surface area contributed by atoms with Crippen molar-refractivity contribution in [3.05, 3.63) is 83.9 Å². The Morgan fingerprint density at radius 2 is 1.21 bits per heavy atom. The van der Waals surface area contributed by atoms with Crippen LogP contribution >= 0.6 is 0 Å². The molecule has 6 heteroatoms. The van der Waals surface area contributed by atoms with E-state index in [2.05, 4.69) is 5.32 Å². The fourth-order valence-corrected chi connectivity index (χ4v) is 5.01. The van der Waals surface area contributed by atoms with Gasteiger partial charge in [0, 0.05) is 23.4 Å². The summed E-state index contributed by atoms with van der Waals surface area (Å²) in [5.41, 5.74) is 0.519. The van der Waals surface area contributed by atoms with Gasteiger partial charge >= 0.3 is 5.97 Å². The summed E-state index contributed by atoms with van der Waals surface area (Å²) in [4.78, 5) is 25.0. The average molecular weight is 403 g/mol. The lowest BCUT2D eigenvalue weighted by molar-refractivity contribution is 0.0698. The van der Waals surface area contributed by atoms with Gasteiger partial charge in [-0.3, -0.25) is 4.79 Å². The second kappa shape index (κ2) is 7.48. The number of aromatic carboxylic acids is 1. The van der Waals surface area contributed by atoms with E-state index >= 15 is 0 Å². The highest BCUT2D eigenvalue weighted by Crippen LogP contribution is 2.33. The van der Waals surface area contributed by atoms with Crippen LogP contribution in [0.15, 0.2) is 82.6 Å². The molecule has 5 nitrogen and oxygen atoms in total. The van der Waals surface area contributed by atoms with E-state index in [1.54, 1.807) is 61.6 Å². The van der Waals surface area contributed by atoms with E-state index in [4.69, 9.17) is 0 Å². The number of amides is 1. The van der Waals surface area contributed by atoms with Crippen LogP contribution in [-0.2, 0) is 10.8 Å². The van der Waals surface area contributed by atoms with Gasteiger partial charge in [-0.1, -0.05) is 48.5 Å². The first kappa shape index (κ1) is 18.8. The topological polar surface area (TPSA) is 83.5 Å². The lowest BCUT2D eigenvalue weighted by Gasteiger charge is -2.13. The molecule has 29 heavy (non-hydrogen) atoms. The van der Waals surface area contributed by atoms with E-state index in [1.807, 2.05) is 12.1 Å². The second-order valence-corrected chi connectivity index (χ2v) is 7.89. The summed E-state index contributed by atoms with van der Waals surface area (Å²) in [6.07, 6.45) is 0. The highest BCUT2D eigenvalue weighted by molar-refractivity contribution is 7.85. The van der Waals surface area contributed by atoms with E-state index < -0.39 is 16.8 Å². The van der Waals surface area contributed by atoms with Crippen molar-refractivity contribution in [2.45, 2.75) is 9.79 Å². The number of hydrogen-bond donors (Lipinski definition) is 2. The largest absolute Gasteiger partial charge is 0.478 e. The fourth-order valence-electron chi connectivity index (χ4n) is 3.54. The van der Waals surface area contributed by atoms with Crippen molar-refractivity contribution in [2.24, 2.45) is 0 Å². The molecule has 4 aromatic carbocycles. The zero-order chi connectivity index (χ0) is 20.5. The molecule has 0 spiro atoms. The molecule has 144 valence electrons. The third-order valence-corrected chi connectivity index (χ3v) is 6.31. The molecule has 0 aliphatic rings. The van der Waals surface area contributed by atoms with Gasteiger partial charge in [-0.05, 0) is 35.0 Å². The third kappa shape index (κ3) is 3.17. The van der Waals surface area contributed by atoms with E-state index in [0.717, 1.165) is 5.39 Å². The van der Waals surface area contributed by atoms with E-state index in [-0.39, 0.29) is 11.5 Å². The van der Waals surface area contributed by atoms with Crippen LogP contribution in [0.5, 0.6) is 0 Å². The third-order valence-electron chi connectivity index (χ3n) is 4.83. The Morgan fingerprint density at radius 1 is 0.759 bits per heavy atom. The zero-order valence-corrected chi connectivity index (χ0v) is 16.3. The molecule has 1 unspecified atom stereocenters. The van der Waals surface area contributed by atoms with Gasteiger partial charge in [-0.2, -0.15) is 0 Å². The normalized spacial score (nSPS) is 12.0. The minimum atomic E-state index is -1.69. The molecule has 1 atom stereocenters. The second-order valence-electron chi connectivity index (χ2n) is 6.47. The predicted molar refractivity (Wildman–Crippen MR) is 113 cm³/mol. The quantitative estimate of drug-likeness (QED) is 0.534. The van der Waals surface area contributed by atoms with Gasteiger partial charge < -0.3 is 10.4 Å². The van der Waals surface area contributed by atoms with Crippen molar-refractivity contribution < 1.29 is 18.9 Å². The summed E-state index contributed by atoms with van der Waals surface area (Å²) in [7, 11) is -0.149. The molecule has 0 aliphatic heterocycles. The van der Waals surface area contributed by atoms with Crippen LogP contribution in [0.25, 0.3) is 21.5 Å². The SMILES string of the molecule is CNC(=O)c1cccc2cccc(S(=O)c3cccc4cccc(C(=O)O)c34)c12. The summed E-state index contributed by atoms with van der Waals surface area (Å²) in [6.45, 7) is 0. The van der Waals surface area contributed by atoms with Crippen LogP contribution in [0.2, 0.25) is 0 Å². The van der Waals surface area contributed by atoms with Gasteiger partial charge in [-0.15, -0.1) is 0 Å². The molecule has 2 N–H and O–H groups in total. The first-order chi connectivity index (χ1) is 14.0. The number of fused-ring (bicyclic) bond motifs is 2. The molecule has 0 heterocycles. The predicted octanol–water partition coefficient (Wildman–Crippen LogP) is 4.22. The molecule has 0 saturated carbocycles. The lowest BCUT2D eigenvalue weighted by Crippen LogP contribution is -2.18. The number of carboxylic acids is 1. The van der Waals surface area contributed by atoms with Gasteiger partial charge in [0.05, 0.1) is 26.2 Å². The highest BCUT2D eigenvalue weighted by atomic mass is 32.2. The lowest BCUT2D eigenvalue weighted by atomic mass is 10.0. The Bertz CT molecular complexity index is 1300. The van der Waals surface area contributed by atoms with Crippen molar-refractivity contribution >= 4 is 44.2 Å². The van der Waals surface area contributed by atoms with E-state index in [1.165, 1.54) is 6.07 Å². The average Bonchev–Trinajstić information content (AvgIpc) is 2.76. The monoisotopic (exact) mass is 403 g/mol. The highest BCUT2D eigenvalue weighted by Gasteiger charge is 2.20. The molecule has 4 rings (SSSR count). The number of rotatable bonds is 4. The maximum Gasteiger partial charge on any atom is 0.336 e. The molecule has 4 aromatic rings. The zero-order valence-electron chi connectivity index (χ0n) is 15.5. The Balaban J connectivity index is 2.03. The molecule has 0 bridgehead atoms. The van der Waals surface area contributed by atoms with Crippen molar-refractivity contribution in [3.8, 4) is 0 Å². The van der Waals surface area contributed by atoms with Crippen molar-refractivity contribution in [1.29, 1.82) is 0 Å². The molecule has 1 amide bonds. The number of carbonyl (C=O) groups excluding carboxylic acids is 1. The first-order valence-electron chi connectivity index (χ1n) is 8.93. The Kier molecular flexibility index (Phi) is 4.86. The molecular formula is C23H17NO4S. The molecule has 0 saturated heterocycles.